The maximum atomic E-state index is 12.9. The smallest absolute Gasteiger partial charge is 0.753 e. The third-order valence-electron chi connectivity index (χ3n) is 11.4. The van der Waals surface area contributed by atoms with Gasteiger partial charge in [-0.25, -0.2) is 4.98 Å². The van der Waals surface area contributed by atoms with E-state index in [1.54, 1.807) is 79.3 Å². The molecule has 0 saturated carbocycles. The average Bonchev–Trinajstić information content (AvgIpc) is 3.96. The molecule has 0 aliphatic rings. The van der Waals surface area contributed by atoms with Gasteiger partial charge in [-0.1, -0.05) is 102 Å². The molecule has 14 nitrogen and oxygen atoms in total. The molecule has 0 spiro atoms. The topological polar surface area (TPSA) is 183 Å². The first-order valence-electron chi connectivity index (χ1n) is 23.7. The Morgan fingerprint density at radius 2 is 0.949 bits per heavy atom. The summed E-state index contributed by atoms with van der Waals surface area (Å²) in [6.45, 7) is 14.2. The van der Waals surface area contributed by atoms with E-state index in [9.17, 15) is 27.6 Å². The van der Waals surface area contributed by atoms with Crippen LogP contribution in [0, 0.1) is 0 Å². The molecule has 79 heavy (non-hydrogen) atoms. The second-order valence-corrected chi connectivity index (χ2v) is 19.0. The number of alkyl halides is 3. The molecule has 0 saturated heterocycles. The summed E-state index contributed by atoms with van der Waals surface area (Å²) in [5, 5.41) is 15.3. The molecule has 0 N–H and O–H groups in total. The molecule has 0 aliphatic heterocycles. The van der Waals surface area contributed by atoms with E-state index in [2.05, 4.69) is 164 Å². The van der Waals surface area contributed by atoms with Gasteiger partial charge < -0.3 is 34.7 Å². The van der Waals surface area contributed by atoms with Crippen molar-refractivity contribution in [1.82, 2.24) is 30.1 Å². The van der Waals surface area contributed by atoms with Gasteiger partial charge in [-0.05, 0) is 147 Å². The van der Waals surface area contributed by atoms with Gasteiger partial charge in [0.25, 0.3) is 19.4 Å². The van der Waals surface area contributed by atoms with Crippen LogP contribution in [0.2, 0.25) is 0 Å². The molecule has 0 unspecified atom stereocenters. The van der Waals surface area contributed by atoms with Crippen LogP contribution in [0.4, 0.5) is 30.2 Å². The predicted molar refractivity (Wildman–Crippen MR) is 299 cm³/mol. The van der Waals surface area contributed by atoms with E-state index in [4.69, 9.17) is 5.41 Å². The minimum Gasteiger partial charge on any atom is -0.753 e. The van der Waals surface area contributed by atoms with Crippen molar-refractivity contribution in [3.8, 4) is 45.3 Å². The molecule has 0 radical (unpaired) electrons. The molecule has 3 aromatic carbocycles. The predicted octanol–water partition coefficient (Wildman–Crippen LogP) is 14.1. The summed E-state index contributed by atoms with van der Waals surface area (Å²) in [5.74, 6) is 0. The summed E-state index contributed by atoms with van der Waals surface area (Å²) in [6, 6.07) is 40.5. The zero-order valence-electron chi connectivity index (χ0n) is 43.5. The number of nitrogens with zero attached hydrogens (tertiary/aromatic N) is 8. The summed E-state index contributed by atoms with van der Waals surface area (Å²) < 4.78 is 52.6. The van der Waals surface area contributed by atoms with Crippen molar-refractivity contribution in [2.75, 3.05) is 4.90 Å². The van der Waals surface area contributed by atoms with Crippen LogP contribution >= 0.6 is 12.2 Å². The van der Waals surface area contributed by atoms with Gasteiger partial charge in [0, 0.05) is 46.9 Å². The first-order chi connectivity index (χ1) is 37.3. The van der Waals surface area contributed by atoms with Crippen LogP contribution in [0.15, 0.2) is 165 Å². The first kappa shape index (κ1) is 61.0. The van der Waals surface area contributed by atoms with Gasteiger partial charge in [0.1, 0.15) is 5.69 Å². The zero-order chi connectivity index (χ0) is 56.3. The fraction of sp³-hybridized carbons (Fsp3) is 0.150. The minimum absolute atomic E-state index is 0. The number of aromatic nitrogens is 6. The molecular formula is C60H51F3N8O6RuS. The third-order valence-corrected chi connectivity index (χ3v) is 11.4. The Morgan fingerprint density at radius 1 is 0.544 bits per heavy atom. The number of carbonyl (C=O) groups excluding carboxylic acids is 3. The molecule has 402 valence electrons. The maximum Gasteiger partial charge on any atom is 2.00 e. The first-order valence-corrected chi connectivity index (χ1v) is 24.1. The molecule has 0 atom stereocenters. The Kier molecular flexibility index (Phi) is 22.0. The van der Waals surface area contributed by atoms with Crippen LogP contribution in [0.3, 0.4) is 0 Å². The van der Waals surface area contributed by atoms with Crippen molar-refractivity contribution in [3.63, 3.8) is 0 Å². The van der Waals surface area contributed by atoms with Gasteiger partial charge in [0.2, 0.25) is 0 Å². The summed E-state index contributed by atoms with van der Waals surface area (Å²) in [6.07, 6.45) is 8.91. The average molecular weight is 1170 g/mol. The quantitative estimate of drug-likeness (QED) is 0.0222. The maximum absolute atomic E-state index is 12.9. The third kappa shape index (κ3) is 17.6. The van der Waals surface area contributed by atoms with E-state index >= 15 is 0 Å². The number of pyridine rings is 4. The van der Waals surface area contributed by atoms with Crippen LogP contribution < -0.4 is 10.00 Å². The molecule has 8 rings (SSSR count). The Balaban J connectivity index is 0.000000281. The van der Waals surface area contributed by atoms with Crippen LogP contribution in [-0.2, 0) is 65.1 Å². The number of isothiocyanates is 1. The van der Waals surface area contributed by atoms with Gasteiger partial charge in [-0.2, -0.15) is 18.3 Å². The van der Waals surface area contributed by atoms with Crippen molar-refractivity contribution in [1.29, 1.82) is 0 Å². The van der Waals surface area contributed by atoms with Crippen LogP contribution in [0.25, 0.3) is 68.9 Å². The van der Waals surface area contributed by atoms with Crippen LogP contribution in [-0.4, -0.2) is 49.6 Å². The van der Waals surface area contributed by atoms with Crippen LogP contribution in [0.5, 0.6) is 0 Å². The Bertz CT molecular complexity index is 3280. The molecule has 19 heteroatoms. The van der Waals surface area contributed by atoms with E-state index < -0.39 is 11.9 Å². The Morgan fingerprint density at radius 3 is 1.33 bits per heavy atom. The number of anilines is 3. The largest absolute Gasteiger partial charge is 2.00 e. The fourth-order valence-electron chi connectivity index (χ4n) is 7.49. The molecule has 5 aromatic heterocycles. The van der Waals surface area contributed by atoms with E-state index in [-0.39, 0.29) is 36.0 Å². The molecule has 0 fully saturated rings. The van der Waals surface area contributed by atoms with Crippen molar-refractivity contribution < 1.29 is 61.2 Å². The van der Waals surface area contributed by atoms with Crippen molar-refractivity contribution in [2.45, 2.75) is 58.5 Å². The summed E-state index contributed by atoms with van der Waals surface area (Å²) in [7, 11) is 0. The van der Waals surface area contributed by atoms with Gasteiger partial charge in [-0.15, -0.1) is 0 Å². The minimum atomic E-state index is -4.54. The molecule has 0 aliphatic carbocycles. The number of benzene rings is 3. The molecule has 0 bridgehead atoms. The second-order valence-electron chi connectivity index (χ2n) is 18.8. The van der Waals surface area contributed by atoms with Gasteiger partial charge in [0.15, 0.2) is 0 Å². The van der Waals surface area contributed by atoms with E-state index in [0.717, 1.165) is 45.4 Å². The second kappa shape index (κ2) is 28.5. The Labute approximate surface area is 473 Å². The summed E-state index contributed by atoms with van der Waals surface area (Å²) >= 11 is 3.70. The van der Waals surface area contributed by atoms with Gasteiger partial charge in [-0.3, -0.25) is 29.3 Å². The number of carbonyl (C=O) groups is 3. The SMILES string of the molecule is CC(C)(C)c1ccc(N(c2ccc(-c3ccc(-c4cc(C(F)(F)F)n[n-]4)nc3)cc2)c2ccc(C(C)(C)C)cc2)cc1.O=CO/C=C/c1ccnc(-c2cc(/C=C/OC=O)cc(-c3cc(/C=C/OC=O)ccn3)n2)c1.[N-]=C=S.[Ru+2]. The number of halogens is 3. The summed E-state index contributed by atoms with van der Waals surface area (Å²) in [5.41, 5.74) is 11.3. The monoisotopic (exact) mass is 1170 g/mol. The van der Waals surface area contributed by atoms with Gasteiger partial charge in [0.05, 0.1) is 41.6 Å². The van der Waals surface area contributed by atoms with E-state index in [1.807, 2.05) is 18.2 Å². The van der Waals surface area contributed by atoms with Gasteiger partial charge >= 0.3 is 25.7 Å². The van der Waals surface area contributed by atoms with Crippen LogP contribution in [0.1, 0.15) is 75.1 Å². The van der Waals surface area contributed by atoms with E-state index in [0.29, 0.717) is 53.4 Å². The molecule has 5 heterocycles. The molecular weight excluding hydrogens is 1120 g/mol. The Hall–Kier alpha value is -8.89. The van der Waals surface area contributed by atoms with E-state index in [1.165, 1.54) is 35.1 Å². The molecule has 0 amide bonds. The zero-order valence-corrected chi connectivity index (χ0v) is 46.0. The number of thiocarbonyl (C=S) groups is 1. The number of ether oxygens (including phenoxy) is 3. The van der Waals surface area contributed by atoms with Crippen molar-refractivity contribution in [2.24, 2.45) is 0 Å². The number of hydrogen-bond acceptors (Lipinski definition) is 13. The number of hydrogen-bond donors (Lipinski definition) is 0. The van der Waals surface area contributed by atoms with Crippen molar-refractivity contribution >= 4 is 72.1 Å². The summed E-state index contributed by atoms with van der Waals surface area (Å²) in [4.78, 5) is 51.2. The molecule has 8 aromatic rings. The fourth-order valence-corrected chi connectivity index (χ4v) is 7.49. The standard InChI is InChI=1S/C35H34F3N4.C24H17N3O6.CNS.Ru/c1-33(2,3)25-10-16-28(17-11-25)42(29-18-12-26(13-19-29)34(4,5)6)27-14-7-23(8-15-27)24-9-20-30(39-22-24)31-21-32(41-40-31)35(36,37)38;28-15-31-8-3-18-1-6-25-21(11-18)23-13-20(5-10-33-17-30)14-24(27-23)22-12-19(2-7-26-22)4-9-32-16-29;2-1-3;/h7-22H,1-6H3;1-17H;;/q-1;;-1;+2/b;8-3+,9-4+,10-5+;;. The van der Waals surface area contributed by atoms with Crippen molar-refractivity contribution in [3.05, 3.63) is 204 Å². The number of rotatable bonds is 16. The normalized spacial score (nSPS) is 11.3.